The minimum Gasteiger partial charge on any atom is -0.524 e. The van der Waals surface area contributed by atoms with Crippen molar-refractivity contribution in [1.82, 2.24) is 4.72 Å². The molecular weight excluding hydrogens is 152 g/mol. The van der Waals surface area contributed by atoms with Gasteiger partial charge in [0.1, 0.15) is 0 Å². The predicted molar refractivity (Wildman–Crippen MR) is 50.8 cm³/mol. The zero-order chi connectivity index (χ0) is 9.23. The lowest BCUT2D eigenvalue weighted by molar-refractivity contribution is -0.121. The molecule has 3 nitrogen and oxygen atoms in total. The van der Waals surface area contributed by atoms with Gasteiger partial charge in [0, 0.05) is 0 Å². The van der Waals surface area contributed by atoms with Crippen molar-refractivity contribution in [3.8, 4) is 0 Å². The maximum atomic E-state index is 9.89. The van der Waals surface area contributed by atoms with E-state index in [9.17, 15) is 4.79 Å². The first-order chi connectivity index (χ1) is 5.85. The van der Waals surface area contributed by atoms with E-state index in [1.165, 1.54) is 7.62 Å². The molecule has 0 atom stereocenters. The van der Waals surface area contributed by atoms with Crippen molar-refractivity contribution in [3.05, 3.63) is 0 Å². The highest BCUT2D eigenvalue weighted by Gasteiger charge is 2.07. The Morgan fingerprint density at radius 2 is 2.17 bits per heavy atom. The van der Waals surface area contributed by atoms with E-state index in [-0.39, 0.29) is 0 Å². The quantitative estimate of drug-likeness (QED) is 0.396. The van der Waals surface area contributed by atoms with Crippen molar-refractivity contribution in [2.75, 3.05) is 6.54 Å². The zero-order valence-electron chi connectivity index (χ0n) is 7.82. The Balaban J connectivity index is 3.46. The summed E-state index contributed by atoms with van der Waals surface area (Å²) in [5.74, 6) is 0. The van der Waals surface area contributed by atoms with E-state index in [1.54, 1.807) is 0 Å². The van der Waals surface area contributed by atoms with E-state index in [4.69, 9.17) is 0 Å². The molecule has 0 spiro atoms. The first kappa shape index (κ1) is 11.6. The summed E-state index contributed by atoms with van der Waals surface area (Å²) in [6, 6.07) is 0. The van der Waals surface area contributed by atoms with E-state index in [0.717, 1.165) is 25.7 Å². The van der Waals surface area contributed by atoms with Crippen LogP contribution >= 0.6 is 0 Å². The van der Waals surface area contributed by atoms with Gasteiger partial charge in [0.05, 0.1) is 0 Å². The lowest BCUT2D eigenvalue weighted by atomic mass is 9.79. The van der Waals surface area contributed by atoms with Gasteiger partial charge in [0.25, 0.3) is 6.47 Å². The molecule has 12 heavy (non-hydrogen) atoms. The number of nitrogens with zero attached hydrogens (tertiary/aromatic N) is 1. The molecule has 66 valence electrons. The summed E-state index contributed by atoms with van der Waals surface area (Å²) < 4.78 is 6.44. The molecule has 0 bridgehead atoms. The van der Waals surface area contributed by atoms with E-state index in [0.29, 0.717) is 6.47 Å². The first-order valence-electron chi connectivity index (χ1n) is 4.36. The lowest BCUT2D eigenvalue weighted by Gasteiger charge is -2.16. The van der Waals surface area contributed by atoms with E-state index in [2.05, 4.69) is 18.5 Å². The number of hydrogen-bond donors (Lipinski definition) is 0. The van der Waals surface area contributed by atoms with Crippen LogP contribution in [0.5, 0.6) is 0 Å². The molecule has 0 aliphatic carbocycles. The minimum absolute atomic E-state index is 0.433. The summed E-state index contributed by atoms with van der Waals surface area (Å²) in [5.41, 5.74) is 0. The molecule has 0 amide bonds. The third kappa shape index (κ3) is 6.28. The molecule has 0 unspecified atom stereocenters. The number of carbonyl (C=O) groups is 1. The minimum atomic E-state index is 0.433. The van der Waals surface area contributed by atoms with Gasteiger partial charge in [-0.2, -0.15) is 0 Å². The van der Waals surface area contributed by atoms with Crippen LogP contribution in [0.25, 0.3) is 0 Å². The molecule has 0 aliphatic heterocycles. The Morgan fingerprint density at radius 3 is 2.67 bits per heavy atom. The average Bonchev–Trinajstić information content (AvgIpc) is 2.10. The Bertz CT molecular complexity index is 114. The molecule has 0 fully saturated rings. The highest BCUT2D eigenvalue weighted by molar-refractivity contribution is 6.47. The Kier molecular flexibility index (Phi) is 8.34. The van der Waals surface area contributed by atoms with Crippen LogP contribution in [0.4, 0.5) is 0 Å². The summed E-state index contributed by atoms with van der Waals surface area (Å²) >= 11 is 0. The lowest BCUT2D eigenvalue weighted by Crippen LogP contribution is -2.33. The maximum absolute atomic E-state index is 9.89. The van der Waals surface area contributed by atoms with Crippen LogP contribution in [-0.4, -0.2) is 32.8 Å². The molecule has 5 heteroatoms. The molecule has 0 rings (SSSR count). The summed E-state index contributed by atoms with van der Waals surface area (Å²) in [5, 5.41) is 0. The molecule has 0 saturated carbocycles. The van der Waals surface area contributed by atoms with Crippen LogP contribution in [0.2, 0.25) is 6.32 Å². The fraction of sp³-hybridized carbons (Fsp3) is 0.857. The predicted octanol–water partition coefficient (Wildman–Crippen LogP) is 0.853. The second-order valence-corrected chi connectivity index (χ2v) is 2.55. The van der Waals surface area contributed by atoms with Gasteiger partial charge < -0.3 is 9.38 Å². The monoisotopic (exact) mass is 167 g/mol. The molecule has 0 N–H and O–H groups in total. The average molecular weight is 167 g/mol. The van der Waals surface area contributed by atoms with Gasteiger partial charge in [-0.1, -0.05) is 26.6 Å². The number of hydrogen-bond acceptors (Lipinski definition) is 3. The molecule has 0 aromatic rings. The summed E-state index contributed by atoms with van der Waals surface area (Å²) in [7, 11) is 3.49. The van der Waals surface area contributed by atoms with E-state index >= 15 is 0 Å². The van der Waals surface area contributed by atoms with Gasteiger partial charge in [-0.3, -0.25) is 4.79 Å². The van der Waals surface area contributed by atoms with Gasteiger partial charge >= 0.3 is 7.62 Å². The third-order valence-corrected chi connectivity index (χ3v) is 1.39. The van der Waals surface area contributed by atoms with Gasteiger partial charge in [0.2, 0.25) is 0 Å². The summed E-state index contributed by atoms with van der Waals surface area (Å²) in [4.78, 5) is 9.89. The van der Waals surface area contributed by atoms with E-state index < -0.39 is 0 Å². The standard InChI is InChI=1S/C7H15B2NO2/c1-3-5-8-10(6-4-2)9-12-7-11/h7H,3-6H2,1-2H3. The fourth-order valence-corrected chi connectivity index (χ4v) is 0.843. The first-order valence-corrected chi connectivity index (χ1v) is 4.36. The second kappa shape index (κ2) is 8.65. The van der Waals surface area contributed by atoms with Gasteiger partial charge in [0.15, 0.2) is 7.41 Å². The molecule has 0 aromatic heterocycles. The molecule has 0 heterocycles. The van der Waals surface area contributed by atoms with Crippen molar-refractivity contribution < 1.29 is 9.45 Å². The highest BCUT2D eigenvalue weighted by Crippen LogP contribution is 1.93. The molecular formula is C7H15B2NO2. The van der Waals surface area contributed by atoms with Crippen LogP contribution in [0.15, 0.2) is 0 Å². The van der Waals surface area contributed by atoms with Crippen LogP contribution in [-0.2, 0) is 9.45 Å². The SMILES string of the molecule is CCC[B]N([B]OC=O)CCC. The second-order valence-electron chi connectivity index (χ2n) is 2.55. The van der Waals surface area contributed by atoms with Crippen LogP contribution < -0.4 is 0 Å². The third-order valence-electron chi connectivity index (χ3n) is 1.39. The Labute approximate surface area is 76.0 Å². The topological polar surface area (TPSA) is 29.5 Å². The van der Waals surface area contributed by atoms with Crippen molar-refractivity contribution >= 4 is 21.5 Å². The van der Waals surface area contributed by atoms with E-state index in [1.807, 2.05) is 12.1 Å². The van der Waals surface area contributed by atoms with Crippen LogP contribution in [0.1, 0.15) is 26.7 Å². The van der Waals surface area contributed by atoms with Crippen molar-refractivity contribution in [1.29, 1.82) is 0 Å². The van der Waals surface area contributed by atoms with Gasteiger partial charge in [-0.15, -0.1) is 0 Å². The zero-order valence-corrected chi connectivity index (χ0v) is 7.82. The Hall–Kier alpha value is -0.440. The van der Waals surface area contributed by atoms with Crippen molar-refractivity contribution in [2.24, 2.45) is 0 Å². The molecule has 0 saturated heterocycles. The summed E-state index contributed by atoms with van der Waals surface area (Å²) in [6.07, 6.45) is 3.16. The van der Waals surface area contributed by atoms with Gasteiger partial charge in [-0.25, -0.2) is 0 Å². The maximum Gasteiger partial charge on any atom is 0.469 e. The summed E-state index contributed by atoms with van der Waals surface area (Å²) in [6.45, 7) is 5.53. The highest BCUT2D eigenvalue weighted by atomic mass is 16.5. The Morgan fingerprint density at radius 1 is 1.42 bits per heavy atom. The molecule has 0 aliphatic rings. The molecule has 2 radical (unpaired) electrons. The van der Waals surface area contributed by atoms with Crippen molar-refractivity contribution in [2.45, 2.75) is 33.0 Å². The molecule has 0 aromatic carbocycles. The normalized spacial score (nSPS) is 9.58. The fourth-order valence-electron chi connectivity index (χ4n) is 0.843. The van der Waals surface area contributed by atoms with Gasteiger partial charge in [-0.05, 0) is 13.0 Å². The van der Waals surface area contributed by atoms with Crippen LogP contribution in [0.3, 0.4) is 0 Å². The number of carbonyl (C=O) groups excluding carboxylic acids is 1. The van der Waals surface area contributed by atoms with Crippen molar-refractivity contribution in [3.63, 3.8) is 0 Å². The number of rotatable bonds is 8. The van der Waals surface area contributed by atoms with Crippen LogP contribution in [0, 0.1) is 0 Å². The largest absolute Gasteiger partial charge is 0.524 e. The smallest absolute Gasteiger partial charge is 0.469 e.